The minimum atomic E-state index is -0.440. The van der Waals surface area contributed by atoms with Gasteiger partial charge in [-0.25, -0.2) is 4.79 Å². The van der Waals surface area contributed by atoms with Gasteiger partial charge in [0, 0.05) is 6.04 Å². The number of nitrogens with zero attached hydrogens (tertiary/aromatic N) is 1. The van der Waals surface area contributed by atoms with Gasteiger partial charge in [0.2, 0.25) is 5.76 Å². The van der Waals surface area contributed by atoms with Gasteiger partial charge in [0.1, 0.15) is 5.76 Å². The van der Waals surface area contributed by atoms with E-state index < -0.39 is 5.97 Å². The Labute approximate surface area is 127 Å². The summed E-state index contributed by atoms with van der Waals surface area (Å²) < 4.78 is 10.1. The van der Waals surface area contributed by atoms with Gasteiger partial charge < -0.3 is 19.4 Å². The number of carbonyl (C=O) groups excluding carboxylic acids is 1. The molecule has 1 atom stereocenters. The van der Waals surface area contributed by atoms with Gasteiger partial charge in [-0.05, 0) is 65.9 Å². The van der Waals surface area contributed by atoms with Crippen LogP contribution in [0.2, 0.25) is 0 Å². The molecule has 0 radical (unpaired) electrons. The normalized spacial score (nSPS) is 12.9. The van der Waals surface area contributed by atoms with E-state index in [4.69, 9.17) is 4.42 Å². The van der Waals surface area contributed by atoms with Crippen molar-refractivity contribution in [2.24, 2.45) is 0 Å². The van der Waals surface area contributed by atoms with Crippen LogP contribution in [0.15, 0.2) is 16.5 Å². The van der Waals surface area contributed by atoms with Crippen LogP contribution in [0.5, 0.6) is 0 Å². The zero-order valence-corrected chi connectivity index (χ0v) is 13.8. The monoisotopic (exact) mass is 296 g/mol. The Morgan fingerprint density at radius 3 is 2.67 bits per heavy atom. The van der Waals surface area contributed by atoms with E-state index in [0.29, 0.717) is 6.04 Å². The molecule has 0 aliphatic carbocycles. The fourth-order valence-electron chi connectivity index (χ4n) is 1.96. The first-order valence-electron chi connectivity index (χ1n) is 7.57. The van der Waals surface area contributed by atoms with Gasteiger partial charge in [-0.15, -0.1) is 0 Å². The topological polar surface area (TPSA) is 54.7 Å². The van der Waals surface area contributed by atoms with E-state index >= 15 is 0 Å². The van der Waals surface area contributed by atoms with Gasteiger partial charge in [0.25, 0.3) is 0 Å². The summed E-state index contributed by atoms with van der Waals surface area (Å²) in [6, 6.07) is 4.15. The third-order valence-electron chi connectivity index (χ3n) is 3.71. The van der Waals surface area contributed by atoms with Crippen molar-refractivity contribution >= 4 is 5.97 Å². The molecular weight excluding hydrogens is 268 g/mol. The molecule has 1 N–H and O–H groups in total. The van der Waals surface area contributed by atoms with Crippen LogP contribution >= 0.6 is 0 Å². The summed E-state index contributed by atoms with van der Waals surface area (Å²) in [6.45, 7) is 8.48. The average molecular weight is 296 g/mol. The van der Waals surface area contributed by atoms with Gasteiger partial charge >= 0.3 is 5.97 Å². The van der Waals surface area contributed by atoms with Gasteiger partial charge in [0.15, 0.2) is 0 Å². The summed E-state index contributed by atoms with van der Waals surface area (Å²) in [7, 11) is 3.50. The van der Waals surface area contributed by atoms with Crippen molar-refractivity contribution in [3.05, 3.63) is 23.7 Å². The van der Waals surface area contributed by atoms with Crippen molar-refractivity contribution in [3.63, 3.8) is 0 Å². The molecular formula is C16H28N2O3. The zero-order valence-electron chi connectivity index (χ0n) is 13.8. The lowest BCUT2D eigenvalue weighted by molar-refractivity contribution is 0.0562. The Kier molecular flexibility index (Phi) is 7.47. The molecule has 0 spiro atoms. The lowest BCUT2D eigenvalue weighted by atomic mass is 10.2. The average Bonchev–Trinajstić information content (AvgIpc) is 2.95. The maximum Gasteiger partial charge on any atom is 0.373 e. The molecule has 0 bridgehead atoms. The van der Waals surface area contributed by atoms with E-state index in [9.17, 15) is 4.79 Å². The van der Waals surface area contributed by atoms with Crippen molar-refractivity contribution < 1.29 is 13.9 Å². The SMILES string of the molecule is COC(=O)c1ccc(C(C)NCCCCN(C)C(C)C)o1. The van der Waals surface area contributed by atoms with Gasteiger partial charge in [-0.2, -0.15) is 0 Å². The largest absolute Gasteiger partial charge is 0.463 e. The zero-order chi connectivity index (χ0) is 15.8. The maximum atomic E-state index is 11.3. The molecule has 0 saturated heterocycles. The van der Waals surface area contributed by atoms with E-state index in [1.54, 1.807) is 6.07 Å². The molecule has 1 aromatic rings. The highest BCUT2D eigenvalue weighted by Crippen LogP contribution is 2.16. The summed E-state index contributed by atoms with van der Waals surface area (Å²) in [4.78, 5) is 13.7. The molecule has 0 aliphatic rings. The minimum Gasteiger partial charge on any atom is -0.463 e. The molecule has 0 aromatic carbocycles. The predicted molar refractivity (Wildman–Crippen MR) is 83.5 cm³/mol. The van der Waals surface area contributed by atoms with Crippen LogP contribution in [0, 0.1) is 0 Å². The highest BCUT2D eigenvalue weighted by atomic mass is 16.5. The smallest absolute Gasteiger partial charge is 0.373 e. The minimum absolute atomic E-state index is 0.0891. The Bertz CT molecular complexity index is 429. The molecule has 1 heterocycles. The first-order chi connectivity index (χ1) is 9.95. The molecule has 120 valence electrons. The Balaban J connectivity index is 2.26. The lowest BCUT2D eigenvalue weighted by Crippen LogP contribution is -2.28. The molecule has 21 heavy (non-hydrogen) atoms. The second-order valence-electron chi connectivity index (χ2n) is 5.65. The molecule has 5 nitrogen and oxygen atoms in total. The number of carbonyl (C=O) groups is 1. The van der Waals surface area contributed by atoms with Gasteiger partial charge in [-0.3, -0.25) is 0 Å². The van der Waals surface area contributed by atoms with Crippen LogP contribution in [0.4, 0.5) is 0 Å². The van der Waals surface area contributed by atoms with Crippen LogP contribution < -0.4 is 5.32 Å². The summed E-state index contributed by atoms with van der Waals surface area (Å²) in [6.07, 6.45) is 2.28. The van der Waals surface area contributed by atoms with Crippen molar-refractivity contribution in [3.8, 4) is 0 Å². The molecule has 5 heteroatoms. The van der Waals surface area contributed by atoms with Crippen molar-refractivity contribution in [1.82, 2.24) is 10.2 Å². The van der Waals surface area contributed by atoms with Gasteiger partial charge in [-0.1, -0.05) is 0 Å². The van der Waals surface area contributed by atoms with Crippen LogP contribution in [-0.2, 0) is 4.74 Å². The number of hydrogen-bond donors (Lipinski definition) is 1. The lowest BCUT2D eigenvalue weighted by Gasteiger charge is -2.20. The Hall–Kier alpha value is -1.33. The number of unbranched alkanes of at least 4 members (excludes halogenated alkanes) is 1. The summed E-state index contributed by atoms with van der Waals surface area (Å²) in [5.41, 5.74) is 0. The predicted octanol–water partition coefficient (Wildman–Crippen LogP) is 2.84. The van der Waals surface area contributed by atoms with Gasteiger partial charge in [0.05, 0.1) is 13.2 Å². The Morgan fingerprint density at radius 1 is 1.33 bits per heavy atom. The van der Waals surface area contributed by atoms with Crippen LogP contribution in [0.25, 0.3) is 0 Å². The molecule has 0 saturated carbocycles. The third-order valence-corrected chi connectivity index (χ3v) is 3.71. The molecule has 1 unspecified atom stereocenters. The number of methoxy groups -OCH3 is 1. The van der Waals surface area contributed by atoms with Crippen molar-refractivity contribution in [2.45, 2.75) is 45.7 Å². The van der Waals surface area contributed by atoms with Crippen LogP contribution in [-0.4, -0.2) is 44.2 Å². The van der Waals surface area contributed by atoms with E-state index in [1.165, 1.54) is 13.5 Å². The molecule has 0 aliphatic heterocycles. The number of ether oxygens (including phenoxy) is 1. The maximum absolute atomic E-state index is 11.3. The number of esters is 1. The fraction of sp³-hybridized carbons (Fsp3) is 0.688. The summed E-state index contributed by atoms with van der Waals surface area (Å²) in [5, 5.41) is 3.41. The standard InChI is InChI=1S/C16H28N2O3/c1-12(2)18(4)11-7-6-10-17-13(3)14-8-9-15(21-14)16(19)20-5/h8-9,12-13,17H,6-7,10-11H2,1-5H3. The summed E-state index contributed by atoms with van der Waals surface area (Å²) in [5.74, 6) is 0.569. The Morgan fingerprint density at radius 2 is 2.05 bits per heavy atom. The highest BCUT2D eigenvalue weighted by Gasteiger charge is 2.14. The third kappa shape index (κ3) is 5.89. The quantitative estimate of drug-likeness (QED) is 0.561. The summed E-state index contributed by atoms with van der Waals surface area (Å²) >= 11 is 0. The first-order valence-corrected chi connectivity index (χ1v) is 7.57. The number of hydrogen-bond acceptors (Lipinski definition) is 5. The van der Waals surface area contributed by atoms with E-state index in [1.807, 2.05) is 13.0 Å². The van der Waals surface area contributed by atoms with E-state index in [-0.39, 0.29) is 11.8 Å². The first kappa shape index (κ1) is 17.7. The molecule has 0 fully saturated rings. The van der Waals surface area contributed by atoms with Crippen molar-refractivity contribution in [2.75, 3.05) is 27.2 Å². The van der Waals surface area contributed by atoms with E-state index in [0.717, 1.165) is 25.3 Å². The van der Waals surface area contributed by atoms with Crippen LogP contribution in [0.1, 0.15) is 56.0 Å². The van der Waals surface area contributed by atoms with Crippen molar-refractivity contribution in [1.29, 1.82) is 0 Å². The fourth-order valence-corrected chi connectivity index (χ4v) is 1.96. The number of furan rings is 1. The highest BCUT2D eigenvalue weighted by molar-refractivity contribution is 5.86. The van der Waals surface area contributed by atoms with E-state index in [2.05, 4.69) is 35.8 Å². The molecule has 1 aromatic heterocycles. The second kappa shape index (κ2) is 8.85. The molecule has 0 amide bonds. The molecule has 1 rings (SSSR count). The number of rotatable bonds is 9. The number of nitrogens with one attached hydrogen (secondary N) is 1. The van der Waals surface area contributed by atoms with Crippen LogP contribution in [0.3, 0.4) is 0 Å². The second-order valence-corrected chi connectivity index (χ2v) is 5.65.